The lowest BCUT2D eigenvalue weighted by Gasteiger charge is -2.11. The Kier molecular flexibility index (Phi) is 1.46. The molecular formula is C11H12BrN. The lowest BCUT2D eigenvalue weighted by Crippen LogP contribution is -2.15. The van der Waals surface area contributed by atoms with E-state index in [0.717, 1.165) is 0 Å². The molecule has 2 aliphatic rings. The summed E-state index contributed by atoms with van der Waals surface area (Å²) < 4.78 is 1.26. The maximum Gasteiger partial charge on any atom is 0.0216 e. The van der Waals surface area contributed by atoms with E-state index < -0.39 is 0 Å². The molecule has 0 unspecified atom stereocenters. The van der Waals surface area contributed by atoms with Crippen LogP contribution in [0, 0.1) is 0 Å². The molecule has 0 bridgehead atoms. The monoisotopic (exact) mass is 237 g/mol. The van der Waals surface area contributed by atoms with Crippen molar-refractivity contribution in [1.29, 1.82) is 0 Å². The number of hydrogen-bond donors (Lipinski definition) is 1. The number of nitrogens with two attached hydrogens (primary N) is 1. The first kappa shape index (κ1) is 8.01. The van der Waals surface area contributed by atoms with Crippen molar-refractivity contribution in [2.24, 2.45) is 5.73 Å². The van der Waals surface area contributed by atoms with Gasteiger partial charge in [0.05, 0.1) is 0 Å². The quantitative estimate of drug-likeness (QED) is 0.737. The number of fused-ring (bicyclic) bond motifs is 2. The molecule has 2 heteroatoms. The van der Waals surface area contributed by atoms with Crippen LogP contribution in [-0.4, -0.2) is 6.04 Å². The third kappa shape index (κ3) is 0.906. The number of rotatable bonds is 0. The molecule has 0 aromatic heterocycles. The van der Waals surface area contributed by atoms with Gasteiger partial charge in [-0.25, -0.2) is 0 Å². The topological polar surface area (TPSA) is 26.0 Å². The van der Waals surface area contributed by atoms with Crippen LogP contribution in [0.1, 0.15) is 24.0 Å². The standard InChI is InChI=1S/C11H12BrN/c12-8-3-1-2-7-4-5-11(10(7)8)6-9(11)13/h1-3,9H,4-6,13H2/t9-,11+/m1/s1. The Morgan fingerprint density at radius 1 is 1.46 bits per heavy atom. The minimum absolute atomic E-state index is 0.357. The summed E-state index contributed by atoms with van der Waals surface area (Å²) in [5.41, 5.74) is 9.39. The second-order valence-electron chi connectivity index (χ2n) is 4.24. The first-order valence-electron chi connectivity index (χ1n) is 4.77. The molecule has 1 fully saturated rings. The highest BCUT2D eigenvalue weighted by Crippen LogP contribution is 2.57. The minimum Gasteiger partial charge on any atom is -0.327 e. The van der Waals surface area contributed by atoms with Gasteiger partial charge in [-0.1, -0.05) is 28.1 Å². The van der Waals surface area contributed by atoms with E-state index in [2.05, 4.69) is 34.1 Å². The Hall–Kier alpha value is -0.340. The van der Waals surface area contributed by atoms with Crippen molar-refractivity contribution in [3.05, 3.63) is 33.8 Å². The first-order chi connectivity index (χ1) is 6.24. The van der Waals surface area contributed by atoms with Crippen molar-refractivity contribution in [1.82, 2.24) is 0 Å². The van der Waals surface area contributed by atoms with Gasteiger partial charge in [0.25, 0.3) is 0 Å². The third-order valence-corrected chi connectivity index (χ3v) is 4.23. The van der Waals surface area contributed by atoms with E-state index in [4.69, 9.17) is 5.73 Å². The number of benzene rings is 1. The average Bonchev–Trinajstić information content (AvgIpc) is 2.58. The molecule has 0 heterocycles. The van der Waals surface area contributed by atoms with Gasteiger partial charge in [-0.3, -0.25) is 0 Å². The molecule has 1 spiro atoms. The summed E-state index contributed by atoms with van der Waals surface area (Å²) in [4.78, 5) is 0. The van der Waals surface area contributed by atoms with Crippen LogP contribution in [0.2, 0.25) is 0 Å². The molecule has 0 saturated heterocycles. The lowest BCUT2D eigenvalue weighted by atomic mass is 9.98. The van der Waals surface area contributed by atoms with Crippen LogP contribution in [-0.2, 0) is 11.8 Å². The molecule has 2 atom stereocenters. The highest BCUT2D eigenvalue weighted by atomic mass is 79.9. The summed E-state index contributed by atoms with van der Waals surface area (Å²) in [5, 5.41) is 0. The minimum atomic E-state index is 0.357. The lowest BCUT2D eigenvalue weighted by molar-refractivity contribution is 0.649. The van der Waals surface area contributed by atoms with Gasteiger partial charge in [0.1, 0.15) is 0 Å². The van der Waals surface area contributed by atoms with Gasteiger partial charge < -0.3 is 5.73 Å². The Balaban J connectivity index is 2.21. The summed E-state index contributed by atoms with van der Waals surface area (Å²) >= 11 is 3.63. The van der Waals surface area contributed by atoms with Crippen LogP contribution >= 0.6 is 15.9 Å². The average molecular weight is 238 g/mol. The van der Waals surface area contributed by atoms with E-state index >= 15 is 0 Å². The fraction of sp³-hybridized carbons (Fsp3) is 0.455. The zero-order chi connectivity index (χ0) is 9.05. The van der Waals surface area contributed by atoms with E-state index in [1.54, 1.807) is 0 Å². The van der Waals surface area contributed by atoms with Gasteiger partial charge in [-0.2, -0.15) is 0 Å². The molecule has 2 aliphatic carbocycles. The van der Waals surface area contributed by atoms with Gasteiger partial charge in [-0.15, -0.1) is 0 Å². The predicted molar refractivity (Wildman–Crippen MR) is 56.7 cm³/mol. The third-order valence-electron chi connectivity index (χ3n) is 3.57. The molecule has 1 nitrogen and oxygen atoms in total. The zero-order valence-corrected chi connectivity index (χ0v) is 8.97. The van der Waals surface area contributed by atoms with Crippen LogP contribution in [0.25, 0.3) is 0 Å². The maximum absolute atomic E-state index is 6.03. The predicted octanol–water partition coefficient (Wildman–Crippen LogP) is 2.36. The summed E-state index contributed by atoms with van der Waals surface area (Å²) in [7, 11) is 0. The Morgan fingerprint density at radius 2 is 2.23 bits per heavy atom. The first-order valence-corrected chi connectivity index (χ1v) is 5.57. The van der Waals surface area contributed by atoms with E-state index in [0.29, 0.717) is 11.5 Å². The van der Waals surface area contributed by atoms with Gasteiger partial charge >= 0.3 is 0 Å². The van der Waals surface area contributed by atoms with Crippen LogP contribution in [0.4, 0.5) is 0 Å². The van der Waals surface area contributed by atoms with Crippen molar-refractivity contribution in [2.75, 3.05) is 0 Å². The van der Waals surface area contributed by atoms with Crippen LogP contribution in [0.15, 0.2) is 22.7 Å². The normalized spacial score (nSPS) is 35.1. The summed E-state index contributed by atoms with van der Waals surface area (Å²) in [6.45, 7) is 0. The number of aryl methyl sites for hydroxylation is 1. The molecule has 1 aromatic rings. The van der Waals surface area contributed by atoms with Crippen molar-refractivity contribution in [3.63, 3.8) is 0 Å². The molecule has 2 N–H and O–H groups in total. The molecular weight excluding hydrogens is 226 g/mol. The van der Waals surface area contributed by atoms with Crippen LogP contribution in [0.3, 0.4) is 0 Å². The number of halogens is 1. The van der Waals surface area contributed by atoms with Crippen molar-refractivity contribution in [3.8, 4) is 0 Å². The second-order valence-corrected chi connectivity index (χ2v) is 5.10. The fourth-order valence-electron chi connectivity index (χ4n) is 2.73. The molecule has 0 amide bonds. The van der Waals surface area contributed by atoms with Crippen molar-refractivity contribution < 1.29 is 0 Å². The van der Waals surface area contributed by atoms with Gasteiger partial charge in [0.2, 0.25) is 0 Å². The smallest absolute Gasteiger partial charge is 0.0216 e. The van der Waals surface area contributed by atoms with E-state index in [1.165, 1.54) is 34.9 Å². The largest absolute Gasteiger partial charge is 0.327 e. The summed E-state index contributed by atoms with van der Waals surface area (Å²) in [6, 6.07) is 6.90. The molecule has 3 rings (SSSR count). The van der Waals surface area contributed by atoms with Gasteiger partial charge in [0.15, 0.2) is 0 Å². The summed E-state index contributed by atoms with van der Waals surface area (Å²) in [6.07, 6.45) is 3.65. The molecule has 13 heavy (non-hydrogen) atoms. The highest BCUT2D eigenvalue weighted by molar-refractivity contribution is 9.10. The molecule has 0 aliphatic heterocycles. The molecule has 0 radical (unpaired) electrons. The van der Waals surface area contributed by atoms with Gasteiger partial charge in [-0.05, 0) is 36.5 Å². The van der Waals surface area contributed by atoms with E-state index in [1.807, 2.05) is 0 Å². The molecule has 1 saturated carbocycles. The zero-order valence-electron chi connectivity index (χ0n) is 7.39. The number of hydrogen-bond acceptors (Lipinski definition) is 1. The summed E-state index contributed by atoms with van der Waals surface area (Å²) in [5.74, 6) is 0. The van der Waals surface area contributed by atoms with Gasteiger partial charge in [0, 0.05) is 15.9 Å². The highest BCUT2D eigenvalue weighted by Gasteiger charge is 2.56. The Labute approximate surface area is 86.5 Å². The second kappa shape index (κ2) is 2.37. The van der Waals surface area contributed by atoms with Crippen LogP contribution < -0.4 is 5.73 Å². The molecule has 1 aromatic carbocycles. The Bertz CT molecular complexity index is 374. The maximum atomic E-state index is 6.03. The molecule has 68 valence electrons. The fourth-order valence-corrected chi connectivity index (χ4v) is 3.53. The van der Waals surface area contributed by atoms with Crippen molar-refractivity contribution in [2.45, 2.75) is 30.7 Å². The van der Waals surface area contributed by atoms with Crippen molar-refractivity contribution >= 4 is 15.9 Å². The SMILES string of the molecule is N[C@@H]1C[C@@]12CCc1cccc(Br)c12. The van der Waals surface area contributed by atoms with Crippen LogP contribution in [0.5, 0.6) is 0 Å². The Morgan fingerprint density at radius 3 is 2.92 bits per heavy atom. The van der Waals surface area contributed by atoms with E-state index in [-0.39, 0.29) is 0 Å². The van der Waals surface area contributed by atoms with E-state index in [9.17, 15) is 0 Å².